The lowest BCUT2D eigenvalue weighted by Crippen LogP contribution is -2.36. The third-order valence-electron chi connectivity index (χ3n) is 9.38. The smallest absolute Gasteiger partial charge is 0.433 e. The van der Waals surface area contributed by atoms with Crippen LogP contribution in [0, 0.1) is 6.92 Å². The van der Waals surface area contributed by atoms with Crippen molar-refractivity contribution in [2.24, 2.45) is 7.05 Å². The van der Waals surface area contributed by atoms with Crippen LogP contribution in [-0.2, 0) is 24.4 Å². The molecule has 1 atom stereocenters. The molecule has 13 heteroatoms. The van der Waals surface area contributed by atoms with Gasteiger partial charge in [0, 0.05) is 60.1 Å². The number of anilines is 2. The second kappa shape index (κ2) is 13.1. The number of alkyl halides is 3. The third-order valence-corrected chi connectivity index (χ3v) is 9.79. The zero-order chi connectivity index (χ0) is 34.4. The summed E-state index contributed by atoms with van der Waals surface area (Å²) >= 11 is 7.14. The van der Waals surface area contributed by atoms with Crippen LogP contribution in [-0.4, -0.2) is 46.1 Å². The van der Waals surface area contributed by atoms with Crippen molar-refractivity contribution in [3.05, 3.63) is 92.5 Å². The van der Waals surface area contributed by atoms with E-state index in [1.807, 2.05) is 31.2 Å². The lowest BCUT2D eigenvalue weighted by molar-refractivity contribution is -0.140. The Labute approximate surface area is 285 Å². The van der Waals surface area contributed by atoms with Crippen molar-refractivity contribution >= 4 is 33.9 Å². The van der Waals surface area contributed by atoms with Crippen LogP contribution in [0.25, 0.3) is 33.2 Å². The molecule has 0 radical (unpaired) electrons. The van der Waals surface area contributed by atoms with E-state index in [4.69, 9.17) is 26.1 Å². The minimum absolute atomic E-state index is 0.00263. The third kappa shape index (κ3) is 6.24. The van der Waals surface area contributed by atoms with Crippen molar-refractivity contribution in [2.75, 3.05) is 25.6 Å². The average Bonchev–Trinajstić information content (AvgIpc) is 3.49. The number of fused-ring (bicyclic) bond motifs is 2. The zero-order valence-corrected chi connectivity index (χ0v) is 27.9. The van der Waals surface area contributed by atoms with Crippen LogP contribution in [0.5, 0.6) is 5.88 Å². The molecule has 9 nitrogen and oxygen atoms in total. The molecule has 1 unspecified atom stereocenters. The van der Waals surface area contributed by atoms with Gasteiger partial charge in [-0.15, -0.1) is 0 Å². The molecule has 1 aliphatic carbocycles. The van der Waals surface area contributed by atoms with Crippen molar-refractivity contribution in [3.8, 4) is 28.3 Å². The van der Waals surface area contributed by atoms with Crippen LogP contribution < -0.4 is 20.9 Å². The quantitative estimate of drug-likeness (QED) is 0.181. The van der Waals surface area contributed by atoms with Gasteiger partial charge in [-0.25, -0.2) is 14.6 Å². The molecule has 0 saturated carbocycles. The highest BCUT2D eigenvalue weighted by Gasteiger charge is 2.34. The molecule has 0 spiro atoms. The van der Waals surface area contributed by atoms with Crippen molar-refractivity contribution in [1.82, 2.24) is 25.1 Å². The molecular weight excluding hydrogens is 657 g/mol. The zero-order valence-electron chi connectivity index (χ0n) is 27.1. The first-order valence-corrected chi connectivity index (χ1v) is 16.4. The summed E-state index contributed by atoms with van der Waals surface area (Å²) < 4.78 is 53.8. The molecule has 3 aromatic heterocycles. The maximum Gasteiger partial charge on any atom is 0.433 e. The lowest BCUT2D eigenvalue weighted by atomic mass is 9.96. The Hall–Kier alpha value is -4.52. The van der Waals surface area contributed by atoms with Gasteiger partial charge in [-0.2, -0.15) is 18.3 Å². The fourth-order valence-corrected chi connectivity index (χ4v) is 7.16. The molecule has 1 aliphatic heterocycles. The number of hydrogen-bond donors (Lipinski definition) is 2. The molecule has 49 heavy (non-hydrogen) atoms. The molecule has 4 heterocycles. The molecule has 2 aliphatic rings. The van der Waals surface area contributed by atoms with Crippen molar-refractivity contribution in [3.63, 3.8) is 0 Å². The van der Waals surface area contributed by atoms with Gasteiger partial charge in [0.25, 0.3) is 5.56 Å². The molecular formula is C36H34ClF3N6O3. The van der Waals surface area contributed by atoms with E-state index in [-0.39, 0.29) is 22.6 Å². The molecule has 254 valence electrons. The molecule has 5 aromatic rings. The number of aryl methyl sites for hydroxylation is 2. The highest BCUT2D eigenvalue weighted by molar-refractivity contribution is 6.36. The SMILES string of the molecule is COc1nc(-c2cccc(-c3cccc(Nc4nc(C(F)(F)F)cc5cnn(C)c(=O)c45)c3C)c2Cl)cc2c1C(NC1CCOCC1)CC2. The standard InChI is InChI=1S/C36H34ClF3N6O3/c1-19-23(6-5-9-26(19)43-33-31-21(18-41-46(2)35(31)47)17-29(45-33)36(38,39)40)24-7-4-8-25(32(24)37)28-16-20-10-11-27(30(20)34(44-28)48-3)42-22-12-14-49-15-13-22/h4-9,16-18,22,27,42H,10-15H2,1-3H3,(H,43,45). The number of halogens is 4. The summed E-state index contributed by atoms with van der Waals surface area (Å²) in [4.78, 5) is 21.8. The van der Waals surface area contributed by atoms with Gasteiger partial charge in [-0.1, -0.05) is 41.9 Å². The number of ether oxygens (including phenoxy) is 2. The van der Waals surface area contributed by atoms with Crippen LogP contribution in [0.4, 0.5) is 24.7 Å². The van der Waals surface area contributed by atoms with Crippen molar-refractivity contribution in [1.29, 1.82) is 0 Å². The Bertz CT molecular complexity index is 2130. The van der Waals surface area contributed by atoms with Crippen molar-refractivity contribution in [2.45, 2.75) is 50.9 Å². The van der Waals surface area contributed by atoms with E-state index in [9.17, 15) is 18.0 Å². The number of nitrogens with zero attached hydrogens (tertiary/aromatic N) is 4. The predicted octanol–water partition coefficient (Wildman–Crippen LogP) is 7.55. The normalized spacial score (nSPS) is 16.6. The summed E-state index contributed by atoms with van der Waals surface area (Å²) in [7, 11) is 3.06. The largest absolute Gasteiger partial charge is 0.481 e. The van der Waals surface area contributed by atoms with Crippen LogP contribution >= 0.6 is 11.6 Å². The fourth-order valence-electron chi connectivity index (χ4n) is 6.83. The maximum atomic E-state index is 13.8. The monoisotopic (exact) mass is 690 g/mol. The maximum absolute atomic E-state index is 13.8. The molecule has 2 aromatic carbocycles. The van der Waals surface area contributed by atoms with Gasteiger partial charge in [-0.3, -0.25) is 4.79 Å². The van der Waals surface area contributed by atoms with E-state index in [0.717, 1.165) is 71.9 Å². The lowest BCUT2D eigenvalue weighted by Gasteiger charge is -2.27. The molecule has 1 saturated heterocycles. The first-order valence-electron chi connectivity index (χ1n) is 16.0. The molecule has 7 rings (SSSR count). The Morgan fingerprint density at radius 3 is 2.51 bits per heavy atom. The second-order valence-corrected chi connectivity index (χ2v) is 12.8. The van der Waals surface area contributed by atoms with Crippen LogP contribution in [0.15, 0.2) is 59.5 Å². The first-order chi connectivity index (χ1) is 23.5. The number of hydrogen-bond acceptors (Lipinski definition) is 8. The Morgan fingerprint density at radius 2 is 1.76 bits per heavy atom. The van der Waals surface area contributed by atoms with Crippen LogP contribution in [0.1, 0.15) is 47.7 Å². The minimum atomic E-state index is -4.73. The molecule has 0 amide bonds. The highest BCUT2D eigenvalue weighted by atomic mass is 35.5. The highest BCUT2D eigenvalue weighted by Crippen LogP contribution is 2.44. The average molecular weight is 691 g/mol. The van der Waals surface area contributed by atoms with Crippen molar-refractivity contribution < 1.29 is 22.6 Å². The van der Waals surface area contributed by atoms with Crippen LogP contribution in [0.2, 0.25) is 5.02 Å². The number of benzene rings is 2. The van der Waals surface area contributed by atoms with Gasteiger partial charge < -0.3 is 20.1 Å². The second-order valence-electron chi connectivity index (χ2n) is 12.4. The fraction of sp³-hybridized carbons (Fsp3) is 0.333. The summed E-state index contributed by atoms with van der Waals surface area (Å²) in [5.74, 6) is 0.354. The molecule has 2 N–H and O–H groups in total. The minimum Gasteiger partial charge on any atom is -0.481 e. The Kier molecular flexibility index (Phi) is 8.80. The van der Waals surface area contributed by atoms with E-state index < -0.39 is 17.4 Å². The van der Waals surface area contributed by atoms with Gasteiger partial charge in [-0.05, 0) is 67.5 Å². The van der Waals surface area contributed by atoms with Gasteiger partial charge in [0.1, 0.15) is 11.5 Å². The molecule has 0 bridgehead atoms. The topological polar surface area (TPSA) is 103 Å². The summed E-state index contributed by atoms with van der Waals surface area (Å²) in [6.07, 6.45) is 0.261. The van der Waals surface area contributed by atoms with E-state index >= 15 is 0 Å². The summed E-state index contributed by atoms with van der Waals surface area (Å²) in [6, 6.07) is 14.5. The predicted molar refractivity (Wildman–Crippen MR) is 183 cm³/mol. The number of rotatable bonds is 7. The van der Waals surface area contributed by atoms with Gasteiger partial charge in [0.05, 0.1) is 29.4 Å². The van der Waals surface area contributed by atoms with Gasteiger partial charge in [0.2, 0.25) is 5.88 Å². The molecule has 1 fully saturated rings. The summed E-state index contributed by atoms with van der Waals surface area (Å²) in [5.41, 5.74) is 4.56. The van der Waals surface area contributed by atoms with E-state index in [2.05, 4.69) is 26.8 Å². The summed E-state index contributed by atoms with van der Waals surface area (Å²) in [5, 5.41) is 11.2. The number of pyridine rings is 2. The number of aromatic nitrogens is 4. The summed E-state index contributed by atoms with van der Waals surface area (Å²) in [6.45, 7) is 3.35. The van der Waals surface area contributed by atoms with Gasteiger partial charge in [0.15, 0.2) is 0 Å². The first kappa shape index (κ1) is 33.0. The number of nitrogens with one attached hydrogen (secondary N) is 2. The van der Waals surface area contributed by atoms with E-state index in [1.165, 1.54) is 13.2 Å². The van der Waals surface area contributed by atoms with Gasteiger partial charge >= 0.3 is 6.18 Å². The van der Waals surface area contributed by atoms with Crippen LogP contribution in [0.3, 0.4) is 0 Å². The van der Waals surface area contributed by atoms with E-state index in [0.29, 0.717) is 39.5 Å². The Morgan fingerprint density at radius 1 is 1.02 bits per heavy atom. The Balaban J connectivity index is 1.25. The van der Waals surface area contributed by atoms with E-state index in [1.54, 1.807) is 19.2 Å². The number of methoxy groups -OCH3 is 1.